The van der Waals surface area contributed by atoms with Gasteiger partial charge in [-0.1, -0.05) is 24.3 Å². The summed E-state index contributed by atoms with van der Waals surface area (Å²) >= 11 is 0. The molecule has 140 valence electrons. The molecule has 0 aliphatic rings. The maximum atomic E-state index is 13.4. The van der Waals surface area contributed by atoms with Crippen LogP contribution in [0.5, 0.6) is 5.75 Å². The molecule has 0 bridgehead atoms. The number of hydrogen-bond acceptors (Lipinski definition) is 4. The zero-order chi connectivity index (χ0) is 19.0. The highest BCUT2D eigenvalue weighted by atomic mass is 32.2. The van der Waals surface area contributed by atoms with Crippen LogP contribution in [-0.4, -0.2) is 28.0 Å². The first-order valence-corrected chi connectivity index (χ1v) is 9.57. The molecule has 2 N–H and O–H groups in total. The van der Waals surface area contributed by atoms with E-state index in [2.05, 4.69) is 10.0 Å². The average Bonchev–Trinajstić information content (AvgIpc) is 2.65. The number of amides is 1. The van der Waals surface area contributed by atoms with Crippen LogP contribution in [0, 0.1) is 5.82 Å². The predicted molar refractivity (Wildman–Crippen MR) is 95.7 cm³/mol. The largest absolute Gasteiger partial charge is 0.491 e. The molecule has 0 atom stereocenters. The molecule has 0 fully saturated rings. The Hall–Kier alpha value is -2.45. The zero-order valence-electron chi connectivity index (χ0n) is 14.4. The van der Waals surface area contributed by atoms with Gasteiger partial charge in [0.1, 0.15) is 0 Å². The second-order valence-corrected chi connectivity index (χ2v) is 7.40. The van der Waals surface area contributed by atoms with Crippen LogP contribution in [0.4, 0.5) is 4.39 Å². The molecule has 0 spiro atoms. The van der Waals surface area contributed by atoms with E-state index in [-0.39, 0.29) is 29.6 Å². The molecule has 0 saturated carbocycles. The fourth-order valence-corrected chi connectivity index (χ4v) is 2.90. The van der Waals surface area contributed by atoms with Crippen LogP contribution in [-0.2, 0) is 21.4 Å². The van der Waals surface area contributed by atoms with Gasteiger partial charge in [-0.2, -0.15) is 0 Å². The lowest BCUT2D eigenvalue weighted by molar-refractivity contribution is -0.121. The summed E-state index contributed by atoms with van der Waals surface area (Å²) in [6.07, 6.45) is 0.709. The topological polar surface area (TPSA) is 84.5 Å². The molecule has 2 aromatic carbocycles. The molecule has 0 unspecified atom stereocenters. The molecule has 8 heteroatoms. The average molecular weight is 380 g/mol. The zero-order valence-corrected chi connectivity index (χ0v) is 15.2. The Labute approximate surface area is 152 Å². The third kappa shape index (κ3) is 5.82. The van der Waals surface area contributed by atoms with Gasteiger partial charge in [0.15, 0.2) is 11.6 Å². The molecule has 6 nitrogen and oxygen atoms in total. The molecule has 0 aliphatic carbocycles. The Balaban J connectivity index is 1.71. The number of carbonyl (C=O) groups is 1. The van der Waals surface area contributed by atoms with Crippen LogP contribution in [0.15, 0.2) is 53.4 Å². The highest BCUT2D eigenvalue weighted by Gasteiger charge is 2.10. The molecule has 0 heterocycles. The van der Waals surface area contributed by atoms with Gasteiger partial charge < -0.3 is 10.1 Å². The van der Waals surface area contributed by atoms with Crippen molar-refractivity contribution in [3.05, 3.63) is 59.9 Å². The highest BCUT2D eigenvalue weighted by molar-refractivity contribution is 7.89. The first-order valence-electron chi connectivity index (χ1n) is 8.09. The van der Waals surface area contributed by atoms with Crippen LogP contribution >= 0.6 is 0 Å². The first-order chi connectivity index (χ1) is 12.4. The number of carbonyl (C=O) groups excluding carboxylic acids is 1. The lowest BCUT2D eigenvalue weighted by atomic mass is 10.2. The monoisotopic (exact) mass is 380 g/mol. The summed E-state index contributed by atoms with van der Waals surface area (Å²) in [6.45, 7) is 0.539. The summed E-state index contributed by atoms with van der Waals surface area (Å²) in [5.74, 6) is -0.417. The van der Waals surface area contributed by atoms with E-state index in [0.29, 0.717) is 13.0 Å². The minimum Gasteiger partial charge on any atom is -0.491 e. The van der Waals surface area contributed by atoms with Gasteiger partial charge in [-0.25, -0.2) is 17.5 Å². The van der Waals surface area contributed by atoms with Crippen LogP contribution in [0.25, 0.3) is 0 Å². The molecule has 0 saturated heterocycles. The quantitative estimate of drug-likeness (QED) is 0.653. The van der Waals surface area contributed by atoms with Crippen LogP contribution in [0.2, 0.25) is 0 Å². The maximum absolute atomic E-state index is 13.4. The van der Waals surface area contributed by atoms with E-state index >= 15 is 0 Å². The minimum absolute atomic E-state index is 0.158. The number of benzene rings is 2. The second kappa shape index (κ2) is 9.30. The Morgan fingerprint density at radius 3 is 2.46 bits per heavy atom. The number of ether oxygens (including phenoxy) is 1. The summed E-state index contributed by atoms with van der Waals surface area (Å²) in [5.41, 5.74) is 0.788. The lowest BCUT2D eigenvalue weighted by Gasteiger charge is -2.08. The Morgan fingerprint density at radius 2 is 1.81 bits per heavy atom. The minimum atomic E-state index is -3.47. The fraction of sp³-hybridized carbons (Fsp3) is 0.278. The third-order valence-electron chi connectivity index (χ3n) is 3.63. The summed E-state index contributed by atoms with van der Waals surface area (Å²) in [4.78, 5) is 12.0. The predicted octanol–water partition coefficient (Wildman–Crippen LogP) is 2.21. The van der Waals surface area contributed by atoms with Crippen LogP contribution < -0.4 is 14.8 Å². The number of halogens is 1. The lowest BCUT2D eigenvalue weighted by Crippen LogP contribution is -2.23. The summed E-state index contributed by atoms with van der Waals surface area (Å²) < 4.78 is 44.2. The Morgan fingerprint density at radius 1 is 1.12 bits per heavy atom. The van der Waals surface area contributed by atoms with E-state index in [9.17, 15) is 17.6 Å². The smallest absolute Gasteiger partial charge is 0.240 e. The van der Waals surface area contributed by atoms with Crippen molar-refractivity contribution in [2.24, 2.45) is 0 Å². The van der Waals surface area contributed by atoms with Gasteiger partial charge in [0.2, 0.25) is 15.9 Å². The number of nitrogens with one attached hydrogen (secondary N) is 2. The Bertz CT molecular complexity index is 839. The van der Waals surface area contributed by atoms with Gasteiger partial charge in [-0.15, -0.1) is 0 Å². The van der Waals surface area contributed by atoms with Gasteiger partial charge in [0.05, 0.1) is 11.5 Å². The van der Waals surface area contributed by atoms with Crippen LogP contribution in [0.1, 0.15) is 18.4 Å². The number of sulfonamides is 1. The van der Waals surface area contributed by atoms with Crippen molar-refractivity contribution < 1.29 is 22.3 Å². The number of rotatable bonds is 9. The molecule has 0 aromatic heterocycles. The molecular formula is C18H21FN2O4S. The van der Waals surface area contributed by atoms with Gasteiger partial charge in [0, 0.05) is 13.0 Å². The Kier molecular flexibility index (Phi) is 7.11. The SMILES string of the molecule is CNS(=O)(=O)c1ccc(CNC(=O)CCCOc2ccccc2F)cc1. The highest BCUT2D eigenvalue weighted by Crippen LogP contribution is 2.15. The van der Waals surface area contributed by atoms with E-state index in [1.54, 1.807) is 24.3 Å². The number of para-hydroxylation sites is 1. The molecule has 0 aliphatic heterocycles. The van der Waals surface area contributed by atoms with Crippen molar-refractivity contribution in [1.29, 1.82) is 0 Å². The second-order valence-electron chi connectivity index (χ2n) is 5.51. The molecule has 0 radical (unpaired) electrons. The summed E-state index contributed by atoms with van der Waals surface area (Å²) in [5, 5.41) is 2.75. The van der Waals surface area contributed by atoms with Crippen molar-refractivity contribution in [3.8, 4) is 5.75 Å². The van der Waals surface area contributed by atoms with Gasteiger partial charge >= 0.3 is 0 Å². The van der Waals surface area contributed by atoms with E-state index in [1.807, 2.05) is 0 Å². The summed E-state index contributed by atoms with van der Waals surface area (Å²) in [6, 6.07) is 12.4. The molecule has 2 rings (SSSR count). The molecular weight excluding hydrogens is 359 g/mol. The standard InChI is InChI=1S/C18H21FN2O4S/c1-20-26(23,24)15-10-8-14(9-11-15)13-21-18(22)7-4-12-25-17-6-3-2-5-16(17)19/h2-3,5-6,8-11,20H,4,7,12-13H2,1H3,(H,21,22). The van der Waals surface area contributed by atoms with Crippen molar-refractivity contribution in [1.82, 2.24) is 10.0 Å². The molecule has 2 aromatic rings. The van der Waals surface area contributed by atoms with Crippen molar-refractivity contribution in [3.63, 3.8) is 0 Å². The first kappa shape index (κ1) is 19.9. The van der Waals surface area contributed by atoms with Gasteiger partial charge in [0.25, 0.3) is 0 Å². The van der Waals surface area contributed by atoms with E-state index in [1.165, 1.54) is 31.3 Å². The van der Waals surface area contributed by atoms with Crippen molar-refractivity contribution >= 4 is 15.9 Å². The van der Waals surface area contributed by atoms with Crippen LogP contribution in [0.3, 0.4) is 0 Å². The van der Waals surface area contributed by atoms with E-state index < -0.39 is 15.8 Å². The third-order valence-corrected chi connectivity index (χ3v) is 5.06. The van der Waals surface area contributed by atoms with E-state index in [4.69, 9.17) is 4.74 Å². The number of hydrogen-bond donors (Lipinski definition) is 2. The maximum Gasteiger partial charge on any atom is 0.240 e. The van der Waals surface area contributed by atoms with Crippen molar-refractivity contribution in [2.75, 3.05) is 13.7 Å². The summed E-state index contributed by atoms with van der Waals surface area (Å²) in [7, 11) is -2.12. The van der Waals surface area contributed by atoms with Crippen molar-refractivity contribution in [2.45, 2.75) is 24.3 Å². The fourth-order valence-electron chi connectivity index (χ4n) is 2.17. The molecule has 1 amide bonds. The van der Waals surface area contributed by atoms with Gasteiger partial charge in [-0.05, 0) is 43.3 Å². The molecule has 26 heavy (non-hydrogen) atoms. The van der Waals surface area contributed by atoms with E-state index in [0.717, 1.165) is 5.56 Å². The van der Waals surface area contributed by atoms with Gasteiger partial charge in [-0.3, -0.25) is 4.79 Å². The normalized spacial score (nSPS) is 11.2.